The van der Waals surface area contributed by atoms with Crippen LogP contribution in [0.15, 0.2) is 0 Å². The quantitative estimate of drug-likeness (QED) is 0.376. The molecule has 0 radical (unpaired) electrons. The van der Waals surface area contributed by atoms with E-state index >= 15 is 0 Å². The Kier molecular flexibility index (Phi) is 10.00. The number of alkyl halides is 1. The van der Waals surface area contributed by atoms with Gasteiger partial charge in [-0.25, -0.2) is 0 Å². The van der Waals surface area contributed by atoms with Crippen LogP contribution in [0.1, 0.15) is 45.4 Å². The molecule has 3 heteroatoms. The van der Waals surface area contributed by atoms with Crippen molar-refractivity contribution in [3.05, 3.63) is 0 Å². The van der Waals surface area contributed by atoms with E-state index in [2.05, 4.69) is 15.9 Å². The second-order valence-corrected chi connectivity index (χ2v) is 3.87. The van der Waals surface area contributed by atoms with E-state index in [1.807, 2.05) is 6.92 Å². The van der Waals surface area contributed by atoms with Gasteiger partial charge in [0, 0.05) is 11.8 Å². The van der Waals surface area contributed by atoms with Crippen molar-refractivity contribution in [1.82, 2.24) is 0 Å². The molecule has 0 bridgehead atoms. The van der Waals surface area contributed by atoms with E-state index in [9.17, 15) is 4.79 Å². The third kappa shape index (κ3) is 9.87. The molecule has 0 rings (SSSR count). The SMILES string of the molecule is CCCC(=O)OCCCCCCBr. The minimum Gasteiger partial charge on any atom is -0.466 e. The highest BCUT2D eigenvalue weighted by molar-refractivity contribution is 9.09. The van der Waals surface area contributed by atoms with Gasteiger partial charge in [-0.1, -0.05) is 35.7 Å². The maximum atomic E-state index is 10.9. The molecule has 0 unspecified atom stereocenters. The maximum Gasteiger partial charge on any atom is 0.305 e. The summed E-state index contributed by atoms with van der Waals surface area (Å²) in [7, 11) is 0. The summed E-state index contributed by atoms with van der Waals surface area (Å²) in [6.45, 7) is 2.58. The maximum absolute atomic E-state index is 10.9. The lowest BCUT2D eigenvalue weighted by Crippen LogP contribution is -2.04. The van der Waals surface area contributed by atoms with Gasteiger partial charge in [-0.3, -0.25) is 4.79 Å². The van der Waals surface area contributed by atoms with Crippen molar-refractivity contribution in [1.29, 1.82) is 0 Å². The zero-order chi connectivity index (χ0) is 9.94. The highest BCUT2D eigenvalue weighted by Gasteiger charge is 1.99. The summed E-state index contributed by atoms with van der Waals surface area (Å²) in [5.41, 5.74) is 0. The second kappa shape index (κ2) is 10.0. The fourth-order valence-corrected chi connectivity index (χ4v) is 1.41. The van der Waals surface area contributed by atoms with Gasteiger partial charge in [-0.2, -0.15) is 0 Å². The summed E-state index contributed by atoms with van der Waals surface area (Å²) < 4.78 is 5.01. The predicted octanol–water partition coefficient (Wildman–Crippen LogP) is 3.29. The molecule has 13 heavy (non-hydrogen) atoms. The van der Waals surface area contributed by atoms with Gasteiger partial charge >= 0.3 is 5.97 Å². The van der Waals surface area contributed by atoms with Gasteiger partial charge in [0.2, 0.25) is 0 Å². The van der Waals surface area contributed by atoms with Crippen molar-refractivity contribution in [3.8, 4) is 0 Å². The fourth-order valence-electron chi connectivity index (χ4n) is 1.01. The minimum absolute atomic E-state index is 0.0528. The predicted molar refractivity (Wildman–Crippen MR) is 58.1 cm³/mol. The summed E-state index contributed by atoms with van der Waals surface area (Å²) in [6.07, 6.45) is 6.02. The molecule has 0 fully saturated rings. The van der Waals surface area contributed by atoms with Crippen LogP contribution in [0.4, 0.5) is 0 Å². The third-order valence-electron chi connectivity index (χ3n) is 1.75. The van der Waals surface area contributed by atoms with Crippen molar-refractivity contribution in [2.75, 3.05) is 11.9 Å². The van der Waals surface area contributed by atoms with Crippen LogP contribution < -0.4 is 0 Å². The van der Waals surface area contributed by atoms with Gasteiger partial charge in [0.15, 0.2) is 0 Å². The normalized spacial score (nSPS) is 10.0. The zero-order valence-electron chi connectivity index (χ0n) is 8.35. The smallest absolute Gasteiger partial charge is 0.305 e. The number of carbonyl (C=O) groups excluding carboxylic acids is 1. The summed E-state index contributed by atoms with van der Waals surface area (Å²) in [5, 5.41) is 1.07. The van der Waals surface area contributed by atoms with E-state index in [-0.39, 0.29) is 5.97 Å². The Morgan fingerprint density at radius 2 is 1.92 bits per heavy atom. The van der Waals surface area contributed by atoms with E-state index in [0.29, 0.717) is 13.0 Å². The lowest BCUT2D eigenvalue weighted by Gasteiger charge is -2.02. The Hall–Kier alpha value is -0.0500. The number of carbonyl (C=O) groups is 1. The Bertz CT molecular complexity index is 126. The Morgan fingerprint density at radius 3 is 2.54 bits per heavy atom. The monoisotopic (exact) mass is 250 g/mol. The minimum atomic E-state index is -0.0528. The number of esters is 1. The van der Waals surface area contributed by atoms with Crippen LogP contribution in [-0.4, -0.2) is 17.9 Å². The molecule has 2 nitrogen and oxygen atoms in total. The lowest BCUT2D eigenvalue weighted by atomic mass is 10.2. The van der Waals surface area contributed by atoms with Gasteiger partial charge in [-0.15, -0.1) is 0 Å². The molecule has 0 amide bonds. The van der Waals surface area contributed by atoms with Crippen LogP contribution in [-0.2, 0) is 9.53 Å². The first-order chi connectivity index (χ1) is 6.31. The molecule has 0 aliphatic rings. The molecule has 0 aliphatic heterocycles. The molecule has 0 aromatic rings. The summed E-state index contributed by atoms with van der Waals surface area (Å²) in [6, 6.07) is 0. The molecule has 0 atom stereocenters. The Balaban J connectivity index is 3.02. The van der Waals surface area contributed by atoms with E-state index in [0.717, 1.165) is 24.6 Å². The highest BCUT2D eigenvalue weighted by Crippen LogP contribution is 2.02. The number of ether oxygens (including phenoxy) is 1. The number of halogens is 1. The van der Waals surface area contributed by atoms with Crippen LogP contribution in [0, 0.1) is 0 Å². The second-order valence-electron chi connectivity index (χ2n) is 3.07. The average Bonchev–Trinajstić information content (AvgIpc) is 2.11. The fraction of sp³-hybridized carbons (Fsp3) is 0.900. The number of hydrogen-bond donors (Lipinski definition) is 0. The molecule has 0 saturated heterocycles. The summed E-state index contributed by atoms with van der Waals surface area (Å²) >= 11 is 3.38. The molecule has 78 valence electrons. The van der Waals surface area contributed by atoms with E-state index in [1.165, 1.54) is 12.8 Å². The van der Waals surface area contributed by atoms with Crippen LogP contribution in [0.5, 0.6) is 0 Å². The number of rotatable bonds is 8. The third-order valence-corrected chi connectivity index (χ3v) is 2.31. The standard InChI is InChI=1S/C10H19BrO2/c1-2-7-10(12)13-9-6-4-3-5-8-11/h2-9H2,1H3. The van der Waals surface area contributed by atoms with Gasteiger partial charge in [-0.05, 0) is 19.3 Å². The van der Waals surface area contributed by atoms with Crippen LogP contribution in [0.2, 0.25) is 0 Å². The van der Waals surface area contributed by atoms with Crippen LogP contribution in [0.3, 0.4) is 0 Å². The first kappa shape index (κ1) is 12.9. The van der Waals surface area contributed by atoms with Crippen molar-refractivity contribution < 1.29 is 9.53 Å². The molecule has 0 heterocycles. The van der Waals surface area contributed by atoms with E-state index in [4.69, 9.17) is 4.74 Å². The average molecular weight is 251 g/mol. The van der Waals surface area contributed by atoms with Crippen molar-refractivity contribution in [2.24, 2.45) is 0 Å². The van der Waals surface area contributed by atoms with Crippen molar-refractivity contribution in [2.45, 2.75) is 45.4 Å². The lowest BCUT2D eigenvalue weighted by molar-refractivity contribution is -0.143. The number of hydrogen-bond acceptors (Lipinski definition) is 2. The molecule has 0 aromatic heterocycles. The molecular formula is C10H19BrO2. The van der Waals surface area contributed by atoms with Crippen molar-refractivity contribution in [3.63, 3.8) is 0 Å². The molecule has 0 spiro atoms. The van der Waals surface area contributed by atoms with Gasteiger partial charge in [0.25, 0.3) is 0 Å². The van der Waals surface area contributed by atoms with Gasteiger partial charge in [0.05, 0.1) is 6.61 Å². The Morgan fingerprint density at radius 1 is 1.23 bits per heavy atom. The molecular weight excluding hydrogens is 232 g/mol. The van der Waals surface area contributed by atoms with Gasteiger partial charge < -0.3 is 4.74 Å². The Labute approximate surface area is 89.2 Å². The summed E-state index contributed by atoms with van der Waals surface area (Å²) in [4.78, 5) is 10.9. The topological polar surface area (TPSA) is 26.3 Å². The van der Waals surface area contributed by atoms with Crippen molar-refractivity contribution >= 4 is 21.9 Å². The van der Waals surface area contributed by atoms with Gasteiger partial charge in [0.1, 0.15) is 0 Å². The summed E-state index contributed by atoms with van der Waals surface area (Å²) in [5.74, 6) is -0.0528. The van der Waals surface area contributed by atoms with E-state index < -0.39 is 0 Å². The zero-order valence-corrected chi connectivity index (χ0v) is 9.94. The largest absolute Gasteiger partial charge is 0.466 e. The number of unbranched alkanes of at least 4 members (excludes halogenated alkanes) is 3. The first-order valence-corrected chi connectivity index (χ1v) is 6.15. The molecule has 0 saturated carbocycles. The highest BCUT2D eigenvalue weighted by atomic mass is 79.9. The van der Waals surface area contributed by atoms with E-state index in [1.54, 1.807) is 0 Å². The molecule has 0 aliphatic carbocycles. The molecule has 0 N–H and O–H groups in total. The van der Waals surface area contributed by atoms with Crippen LogP contribution in [0.25, 0.3) is 0 Å². The first-order valence-electron chi connectivity index (χ1n) is 5.02. The van der Waals surface area contributed by atoms with Crippen LogP contribution >= 0.6 is 15.9 Å². The molecule has 0 aromatic carbocycles.